The zero-order valence-electron chi connectivity index (χ0n) is 30.8. The largest absolute Gasteiger partial charge is 0.379 e. The van der Waals surface area contributed by atoms with E-state index in [2.05, 4.69) is 42.9 Å². The number of likely N-dealkylation sites (N-methyl/N-ethyl adjacent to an activating group) is 1. The van der Waals surface area contributed by atoms with Gasteiger partial charge in [0.1, 0.15) is 11.6 Å². The summed E-state index contributed by atoms with van der Waals surface area (Å²) in [6.45, 7) is 13.0. The summed E-state index contributed by atoms with van der Waals surface area (Å²) in [4.78, 5) is 54.1. The molecule has 1 saturated heterocycles. The highest BCUT2D eigenvalue weighted by Crippen LogP contribution is 2.31. The van der Waals surface area contributed by atoms with Crippen molar-refractivity contribution in [3.05, 3.63) is 60.2 Å². The first-order valence-corrected chi connectivity index (χ1v) is 17.9. The summed E-state index contributed by atoms with van der Waals surface area (Å²) in [7, 11) is 5.11. The number of benzene rings is 1. The number of likely N-dealkylation sites (tertiary alicyclic amines) is 1. The smallest absolute Gasteiger partial charge is 0.226 e. The average Bonchev–Trinajstić information content (AvgIpc) is 3.57. The molecular formula is C39H60N4O5. The molecule has 48 heavy (non-hydrogen) atoms. The molecule has 3 rings (SSSR count). The number of methoxy groups -OCH3 is 2. The summed E-state index contributed by atoms with van der Waals surface area (Å²) in [6, 6.07) is 11.5. The van der Waals surface area contributed by atoms with E-state index in [0.29, 0.717) is 25.2 Å². The molecule has 0 bridgehead atoms. The van der Waals surface area contributed by atoms with Gasteiger partial charge in [0.05, 0.1) is 30.7 Å². The van der Waals surface area contributed by atoms with Crippen LogP contribution in [0.3, 0.4) is 0 Å². The Labute approximate surface area is 289 Å². The minimum absolute atomic E-state index is 0.00424. The monoisotopic (exact) mass is 664 g/mol. The van der Waals surface area contributed by atoms with Gasteiger partial charge in [-0.1, -0.05) is 78.3 Å². The lowest BCUT2D eigenvalue weighted by Crippen LogP contribution is -2.54. The number of nitrogens with zero attached hydrogens (tertiary/aromatic N) is 4. The number of Topliss-reactive ketones (excluding diaryl/α,β-unsaturated/α-hetero) is 1. The zero-order chi connectivity index (χ0) is 35.4. The standard InChI is InChI=1S/C39H60N4O5/c1-10-28(5)37(42(7)39(46)31(26(2)3)24-35-40-19-15-20-41-35)34(47-8)25-36(45)43-21-14-18-32(43)38(48-9)29(6)33(44)23-27(4)22-30-16-12-11-13-17-30/h11-13,15-17,19-20,26-29,31-32,34,37-38H,10,14,18,21-25H2,1-9H3/t27-,28+,29+,31+,32+,34-,37+,38-/m1/s1. The van der Waals surface area contributed by atoms with Gasteiger partial charge in [0.2, 0.25) is 11.8 Å². The molecule has 0 aliphatic carbocycles. The molecule has 0 spiro atoms. The van der Waals surface area contributed by atoms with E-state index in [-0.39, 0.29) is 65.7 Å². The van der Waals surface area contributed by atoms with Gasteiger partial charge in [-0.3, -0.25) is 14.4 Å². The molecule has 2 heterocycles. The summed E-state index contributed by atoms with van der Waals surface area (Å²) in [5.74, 6) is 0.497. The maximum atomic E-state index is 14.1. The van der Waals surface area contributed by atoms with Crippen LogP contribution in [0.15, 0.2) is 48.8 Å². The molecule has 266 valence electrons. The third-order valence-electron chi connectivity index (χ3n) is 10.5. The van der Waals surface area contributed by atoms with Gasteiger partial charge < -0.3 is 19.3 Å². The van der Waals surface area contributed by atoms with Crippen molar-refractivity contribution in [2.24, 2.45) is 29.6 Å². The van der Waals surface area contributed by atoms with E-state index in [9.17, 15) is 14.4 Å². The van der Waals surface area contributed by atoms with Crippen LogP contribution in [0.25, 0.3) is 0 Å². The fraction of sp³-hybridized carbons (Fsp3) is 0.667. The number of hydrogen-bond acceptors (Lipinski definition) is 7. The number of rotatable bonds is 19. The minimum Gasteiger partial charge on any atom is -0.379 e. The Bertz CT molecular complexity index is 1280. The molecular weight excluding hydrogens is 604 g/mol. The van der Waals surface area contributed by atoms with Crippen LogP contribution < -0.4 is 0 Å². The van der Waals surface area contributed by atoms with Gasteiger partial charge in [0.15, 0.2) is 0 Å². The number of aromatic nitrogens is 2. The second-order valence-corrected chi connectivity index (χ2v) is 14.3. The molecule has 2 aromatic rings. The molecule has 1 aromatic heterocycles. The number of ketones is 1. The molecule has 0 radical (unpaired) electrons. The van der Waals surface area contributed by atoms with Gasteiger partial charge in [-0.2, -0.15) is 0 Å². The fourth-order valence-corrected chi connectivity index (χ4v) is 7.46. The predicted molar refractivity (Wildman–Crippen MR) is 189 cm³/mol. The van der Waals surface area contributed by atoms with Crippen LogP contribution in [-0.4, -0.2) is 89.5 Å². The first-order chi connectivity index (χ1) is 22.9. The van der Waals surface area contributed by atoms with Crippen LogP contribution in [0.4, 0.5) is 0 Å². The van der Waals surface area contributed by atoms with Crippen molar-refractivity contribution < 1.29 is 23.9 Å². The van der Waals surface area contributed by atoms with E-state index in [1.807, 2.05) is 50.9 Å². The van der Waals surface area contributed by atoms with E-state index in [0.717, 1.165) is 25.7 Å². The highest BCUT2D eigenvalue weighted by atomic mass is 16.5. The fourth-order valence-electron chi connectivity index (χ4n) is 7.46. The summed E-state index contributed by atoms with van der Waals surface area (Å²) in [5, 5.41) is 0. The van der Waals surface area contributed by atoms with Gasteiger partial charge in [-0.25, -0.2) is 9.97 Å². The van der Waals surface area contributed by atoms with Crippen LogP contribution in [0, 0.1) is 29.6 Å². The molecule has 1 aromatic carbocycles. The molecule has 0 unspecified atom stereocenters. The third kappa shape index (κ3) is 10.4. The first-order valence-electron chi connectivity index (χ1n) is 17.9. The van der Waals surface area contributed by atoms with Gasteiger partial charge in [0, 0.05) is 64.9 Å². The Hall–Kier alpha value is -3.17. The highest BCUT2D eigenvalue weighted by molar-refractivity contribution is 5.82. The van der Waals surface area contributed by atoms with Gasteiger partial charge >= 0.3 is 0 Å². The summed E-state index contributed by atoms with van der Waals surface area (Å²) in [6.07, 6.45) is 6.86. The molecule has 9 heteroatoms. The number of ether oxygens (including phenoxy) is 2. The van der Waals surface area contributed by atoms with Crippen LogP contribution in [-0.2, 0) is 36.7 Å². The molecule has 0 N–H and O–H groups in total. The van der Waals surface area contributed by atoms with Crippen LogP contribution in [0.5, 0.6) is 0 Å². The van der Waals surface area contributed by atoms with Crippen molar-refractivity contribution in [2.75, 3.05) is 27.8 Å². The lowest BCUT2D eigenvalue weighted by molar-refractivity contribution is -0.148. The van der Waals surface area contributed by atoms with Crippen molar-refractivity contribution in [1.82, 2.24) is 19.8 Å². The minimum atomic E-state index is -0.498. The van der Waals surface area contributed by atoms with Crippen molar-refractivity contribution in [1.29, 1.82) is 0 Å². The van der Waals surface area contributed by atoms with Gasteiger partial charge in [0.25, 0.3) is 0 Å². The normalized spacial score (nSPS) is 19.3. The lowest BCUT2D eigenvalue weighted by Gasteiger charge is -2.40. The Morgan fingerprint density at radius 1 is 0.938 bits per heavy atom. The first kappa shape index (κ1) is 39.3. The topological polar surface area (TPSA) is 102 Å². The van der Waals surface area contributed by atoms with Gasteiger partial charge in [-0.15, -0.1) is 0 Å². The quantitative estimate of drug-likeness (QED) is 0.180. The van der Waals surface area contributed by atoms with Crippen LogP contribution >= 0.6 is 0 Å². The maximum absolute atomic E-state index is 14.1. The predicted octanol–water partition coefficient (Wildman–Crippen LogP) is 6.05. The molecule has 2 amide bonds. The Kier molecular flexibility index (Phi) is 15.7. The van der Waals surface area contributed by atoms with E-state index in [1.54, 1.807) is 37.6 Å². The Morgan fingerprint density at radius 3 is 2.19 bits per heavy atom. The Morgan fingerprint density at radius 2 is 1.60 bits per heavy atom. The number of carbonyl (C=O) groups is 3. The van der Waals surface area contributed by atoms with Crippen molar-refractivity contribution in [3.8, 4) is 0 Å². The number of carbonyl (C=O) groups excluding carboxylic acids is 3. The SMILES string of the molecule is CC[C@H](C)[C@@H]([C@@H](CC(=O)N1CCC[C@H]1[C@H](OC)[C@@H](C)C(=O)C[C@H](C)Cc1ccccc1)OC)N(C)C(=O)[C@@H](Cc1ncccn1)C(C)C. The highest BCUT2D eigenvalue weighted by Gasteiger charge is 2.42. The third-order valence-corrected chi connectivity index (χ3v) is 10.5. The van der Waals surface area contributed by atoms with Crippen molar-refractivity contribution >= 4 is 17.6 Å². The van der Waals surface area contributed by atoms with E-state index in [4.69, 9.17) is 9.47 Å². The average molecular weight is 665 g/mol. The van der Waals surface area contributed by atoms with E-state index >= 15 is 0 Å². The van der Waals surface area contributed by atoms with Crippen molar-refractivity contribution in [2.45, 2.75) is 111 Å². The summed E-state index contributed by atoms with van der Waals surface area (Å²) >= 11 is 0. The lowest BCUT2D eigenvalue weighted by atomic mass is 9.86. The molecule has 1 aliphatic rings. The summed E-state index contributed by atoms with van der Waals surface area (Å²) in [5.41, 5.74) is 1.22. The van der Waals surface area contributed by atoms with Crippen molar-refractivity contribution in [3.63, 3.8) is 0 Å². The van der Waals surface area contributed by atoms with Crippen LogP contribution in [0.1, 0.15) is 85.0 Å². The number of hydrogen-bond donors (Lipinski definition) is 0. The molecule has 0 saturated carbocycles. The molecule has 9 nitrogen and oxygen atoms in total. The van der Waals surface area contributed by atoms with E-state index < -0.39 is 12.2 Å². The second kappa shape index (κ2) is 19.1. The second-order valence-electron chi connectivity index (χ2n) is 14.3. The molecule has 1 fully saturated rings. The summed E-state index contributed by atoms with van der Waals surface area (Å²) < 4.78 is 12.0. The maximum Gasteiger partial charge on any atom is 0.226 e. The Balaban J connectivity index is 1.73. The number of amides is 2. The van der Waals surface area contributed by atoms with Gasteiger partial charge in [-0.05, 0) is 48.6 Å². The van der Waals surface area contributed by atoms with E-state index in [1.165, 1.54) is 5.56 Å². The molecule has 1 aliphatic heterocycles. The molecule has 8 atom stereocenters. The van der Waals surface area contributed by atoms with Crippen LogP contribution in [0.2, 0.25) is 0 Å². The zero-order valence-corrected chi connectivity index (χ0v) is 30.8.